The van der Waals surface area contributed by atoms with E-state index in [0.717, 1.165) is 18.8 Å². The molecule has 5 aliphatic rings. The number of Topliss-reactive ketones (excluding diaryl/α,β-unsaturated/α-hetero) is 1. The van der Waals surface area contributed by atoms with E-state index < -0.39 is 0 Å². The lowest BCUT2D eigenvalue weighted by Gasteiger charge is -2.75. The van der Waals surface area contributed by atoms with Gasteiger partial charge in [0.1, 0.15) is 5.78 Å². The summed E-state index contributed by atoms with van der Waals surface area (Å²) in [7, 11) is 0. The third-order valence-corrected chi connectivity index (χ3v) is 13.8. The Morgan fingerprint density at radius 2 is 1.38 bits per heavy atom. The van der Waals surface area contributed by atoms with Crippen molar-refractivity contribution in [2.24, 2.45) is 56.2 Å². The van der Waals surface area contributed by atoms with Crippen molar-refractivity contribution in [2.45, 2.75) is 119 Å². The summed E-state index contributed by atoms with van der Waals surface area (Å²) in [6.45, 7) is 18.0. The zero-order valence-electron chi connectivity index (χ0n) is 22.2. The molecule has 0 bridgehead atoms. The third kappa shape index (κ3) is 2.71. The standard InChI is InChI=1S/C30H50O2/c1-20-21(32)8-9-22-26(20,4)11-10-23-27(22,5)13-14-29(7)24-18-25(2,3)12-16-30(24,19-31)17-15-28(23,29)6/h20,22-24,31H,8-19H2,1-7H3/t20-,22-,23+,24+,26+,27-,28+,29-,30+/m0/s1. The number of hydrogen-bond acceptors (Lipinski definition) is 2. The number of aliphatic hydroxyl groups is 1. The summed E-state index contributed by atoms with van der Waals surface area (Å²) in [5.74, 6) is 2.84. The van der Waals surface area contributed by atoms with E-state index in [9.17, 15) is 9.90 Å². The fourth-order valence-corrected chi connectivity index (χ4v) is 11.3. The van der Waals surface area contributed by atoms with Gasteiger partial charge in [0.05, 0.1) is 0 Å². The summed E-state index contributed by atoms with van der Waals surface area (Å²) in [5, 5.41) is 10.7. The van der Waals surface area contributed by atoms with Crippen LogP contribution in [0.15, 0.2) is 0 Å². The second-order valence-corrected chi connectivity index (χ2v) is 15.2. The number of ketones is 1. The van der Waals surface area contributed by atoms with E-state index in [-0.39, 0.29) is 16.7 Å². The average Bonchev–Trinajstić information content (AvgIpc) is 2.73. The van der Waals surface area contributed by atoms with E-state index in [4.69, 9.17) is 0 Å². The summed E-state index contributed by atoms with van der Waals surface area (Å²) < 4.78 is 0. The molecule has 0 spiro atoms. The van der Waals surface area contributed by atoms with Gasteiger partial charge in [0, 0.05) is 18.9 Å². The molecule has 182 valence electrons. The van der Waals surface area contributed by atoms with Crippen molar-refractivity contribution in [3.05, 3.63) is 0 Å². The van der Waals surface area contributed by atoms with Crippen LogP contribution in [0.5, 0.6) is 0 Å². The quantitative estimate of drug-likeness (QED) is 0.458. The Balaban J connectivity index is 1.55. The predicted octanol–water partition coefficient (Wildman–Crippen LogP) is 7.43. The van der Waals surface area contributed by atoms with Crippen LogP contribution in [-0.2, 0) is 4.79 Å². The Kier molecular flexibility index (Phi) is 5.01. The van der Waals surface area contributed by atoms with Gasteiger partial charge in [0.25, 0.3) is 0 Å². The molecule has 0 heterocycles. The number of hydrogen-bond donors (Lipinski definition) is 1. The highest BCUT2D eigenvalue weighted by Gasteiger charge is 2.71. The number of carbonyl (C=O) groups is 1. The van der Waals surface area contributed by atoms with Crippen LogP contribution < -0.4 is 0 Å². The molecule has 9 atom stereocenters. The first-order valence-corrected chi connectivity index (χ1v) is 13.9. The normalized spacial score (nSPS) is 57.1. The zero-order chi connectivity index (χ0) is 23.4. The smallest absolute Gasteiger partial charge is 0.136 e. The minimum atomic E-state index is 0.159. The second kappa shape index (κ2) is 6.86. The van der Waals surface area contributed by atoms with E-state index in [2.05, 4.69) is 48.5 Å². The monoisotopic (exact) mass is 442 g/mol. The molecule has 0 aromatic heterocycles. The van der Waals surface area contributed by atoms with E-state index in [1.807, 2.05) is 0 Å². The van der Waals surface area contributed by atoms with Gasteiger partial charge in [0.2, 0.25) is 0 Å². The van der Waals surface area contributed by atoms with Gasteiger partial charge in [-0.3, -0.25) is 4.79 Å². The largest absolute Gasteiger partial charge is 0.396 e. The van der Waals surface area contributed by atoms with Gasteiger partial charge in [-0.25, -0.2) is 0 Å². The van der Waals surface area contributed by atoms with Crippen LogP contribution >= 0.6 is 0 Å². The van der Waals surface area contributed by atoms with Crippen LogP contribution in [-0.4, -0.2) is 17.5 Å². The molecule has 5 rings (SSSR count). The SMILES string of the molecule is C[C@H]1C(=O)CC[C@@H]2[C@]3(C)CC[C@@]4(C)[C@H]5CC(C)(C)CC[C@]5(CO)CC[C@]4(C)[C@@H]3CC[C@@]21C. The highest BCUT2D eigenvalue weighted by atomic mass is 16.3. The second-order valence-electron chi connectivity index (χ2n) is 15.2. The van der Waals surface area contributed by atoms with Gasteiger partial charge in [-0.05, 0) is 114 Å². The van der Waals surface area contributed by atoms with Crippen molar-refractivity contribution in [3.8, 4) is 0 Å². The maximum absolute atomic E-state index is 12.7. The molecule has 2 nitrogen and oxygen atoms in total. The molecule has 0 aromatic carbocycles. The molecule has 0 aromatic rings. The van der Waals surface area contributed by atoms with E-state index in [1.165, 1.54) is 57.8 Å². The Labute approximate surface area is 197 Å². The molecule has 5 saturated carbocycles. The topological polar surface area (TPSA) is 37.3 Å². The molecule has 2 heteroatoms. The Hall–Kier alpha value is -0.370. The summed E-state index contributed by atoms with van der Waals surface area (Å²) >= 11 is 0. The minimum Gasteiger partial charge on any atom is -0.396 e. The summed E-state index contributed by atoms with van der Waals surface area (Å²) in [6.07, 6.45) is 13.4. The van der Waals surface area contributed by atoms with Crippen molar-refractivity contribution in [3.63, 3.8) is 0 Å². The van der Waals surface area contributed by atoms with Crippen LogP contribution in [0.1, 0.15) is 119 Å². The lowest BCUT2D eigenvalue weighted by Crippen LogP contribution is -2.68. The molecule has 0 radical (unpaired) electrons. The van der Waals surface area contributed by atoms with Gasteiger partial charge in [0.15, 0.2) is 0 Å². The molecule has 5 fully saturated rings. The summed E-state index contributed by atoms with van der Waals surface area (Å²) in [6, 6.07) is 0. The van der Waals surface area contributed by atoms with Crippen molar-refractivity contribution < 1.29 is 9.90 Å². The summed E-state index contributed by atoms with van der Waals surface area (Å²) in [5.41, 5.74) is 1.78. The van der Waals surface area contributed by atoms with Crippen molar-refractivity contribution in [2.75, 3.05) is 6.61 Å². The number of fused-ring (bicyclic) bond motifs is 7. The van der Waals surface area contributed by atoms with Crippen molar-refractivity contribution >= 4 is 5.78 Å². The lowest BCUT2D eigenvalue weighted by atomic mass is 9.30. The van der Waals surface area contributed by atoms with Gasteiger partial charge in [-0.15, -0.1) is 0 Å². The van der Waals surface area contributed by atoms with Gasteiger partial charge in [-0.1, -0.05) is 48.5 Å². The molecule has 0 saturated heterocycles. The molecule has 1 N–H and O–H groups in total. The Morgan fingerprint density at radius 1 is 0.750 bits per heavy atom. The predicted molar refractivity (Wildman–Crippen MR) is 131 cm³/mol. The molecule has 0 unspecified atom stereocenters. The Morgan fingerprint density at radius 3 is 2.06 bits per heavy atom. The number of aliphatic hydroxyl groups excluding tert-OH is 1. The van der Waals surface area contributed by atoms with Gasteiger partial charge < -0.3 is 5.11 Å². The molecule has 0 aliphatic heterocycles. The molecule has 5 aliphatic carbocycles. The van der Waals surface area contributed by atoms with Crippen LogP contribution in [0.4, 0.5) is 0 Å². The minimum absolute atomic E-state index is 0.159. The van der Waals surface area contributed by atoms with Crippen LogP contribution in [0, 0.1) is 56.2 Å². The van der Waals surface area contributed by atoms with E-state index >= 15 is 0 Å². The summed E-state index contributed by atoms with van der Waals surface area (Å²) in [4.78, 5) is 12.7. The fourth-order valence-electron chi connectivity index (χ4n) is 11.3. The lowest BCUT2D eigenvalue weighted by molar-refractivity contribution is -0.263. The highest BCUT2D eigenvalue weighted by Crippen LogP contribution is 2.78. The van der Waals surface area contributed by atoms with E-state index in [1.54, 1.807) is 0 Å². The molecular weight excluding hydrogens is 392 g/mol. The fraction of sp³-hybridized carbons (Fsp3) is 0.967. The van der Waals surface area contributed by atoms with Crippen LogP contribution in [0.2, 0.25) is 0 Å². The number of carbonyl (C=O) groups excluding carboxylic acids is 1. The van der Waals surface area contributed by atoms with Crippen LogP contribution in [0.25, 0.3) is 0 Å². The first-order valence-electron chi connectivity index (χ1n) is 13.9. The van der Waals surface area contributed by atoms with Gasteiger partial charge in [-0.2, -0.15) is 0 Å². The van der Waals surface area contributed by atoms with Crippen LogP contribution in [0.3, 0.4) is 0 Å². The maximum Gasteiger partial charge on any atom is 0.136 e. The van der Waals surface area contributed by atoms with Crippen molar-refractivity contribution in [1.82, 2.24) is 0 Å². The molecule has 0 amide bonds. The first-order chi connectivity index (χ1) is 14.8. The number of rotatable bonds is 1. The molecular formula is C30H50O2. The van der Waals surface area contributed by atoms with Crippen molar-refractivity contribution in [1.29, 1.82) is 0 Å². The first kappa shape index (κ1) is 23.4. The van der Waals surface area contributed by atoms with E-state index in [0.29, 0.717) is 45.9 Å². The zero-order valence-corrected chi connectivity index (χ0v) is 22.2. The average molecular weight is 443 g/mol. The Bertz CT molecular complexity index is 801. The maximum atomic E-state index is 12.7. The molecule has 32 heavy (non-hydrogen) atoms. The third-order valence-electron chi connectivity index (χ3n) is 13.8. The van der Waals surface area contributed by atoms with Gasteiger partial charge >= 0.3 is 0 Å². The highest BCUT2D eigenvalue weighted by molar-refractivity contribution is 5.82.